The average molecular weight is 322 g/mol. The van der Waals surface area contributed by atoms with Crippen molar-refractivity contribution in [2.24, 2.45) is 5.92 Å². The van der Waals surface area contributed by atoms with Gasteiger partial charge in [0.15, 0.2) is 0 Å². The Kier molecular flexibility index (Phi) is 5.39. The van der Waals surface area contributed by atoms with Crippen LogP contribution < -0.4 is 5.32 Å². The second kappa shape index (κ2) is 7.88. The number of aromatic nitrogens is 1. The van der Waals surface area contributed by atoms with Gasteiger partial charge in [0.2, 0.25) is 5.91 Å². The summed E-state index contributed by atoms with van der Waals surface area (Å²) in [5.41, 5.74) is 2.14. The highest BCUT2D eigenvalue weighted by atomic mass is 16.3. The molecule has 1 aliphatic carbocycles. The lowest BCUT2D eigenvalue weighted by molar-refractivity contribution is -0.118. The molecular weight excluding hydrogens is 300 g/mol. The van der Waals surface area contributed by atoms with Crippen LogP contribution >= 0.6 is 0 Å². The Balaban J connectivity index is 1.62. The van der Waals surface area contributed by atoms with Crippen molar-refractivity contribution in [3.8, 4) is 0 Å². The van der Waals surface area contributed by atoms with Crippen molar-refractivity contribution in [3.05, 3.63) is 72.1 Å². The largest absolute Gasteiger partial charge is 0.393 e. The molecule has 2 aromatic rings. The van der Waals surface area contributed by atoms with Crippen LogP contribution in [0.1, 0.15) is 24.0 Å². The molecular formula is C20H22N2O2. The number of carbonyl (C=O) groups excluding carboxylic acids is 1. The van der Waals surface area contributed by atoms with Gasteiger partial charge in [-0.1, -0.05) is 30.3 Å². The normalized spacial score (nSPS) is 21.2. The van der Waals surface area contributed by atoms with E-state index in [0.29, 0.717) is 5.92 Å². The second-order valence-electron chi connectivity index (χ2n) is 6.30. The molecule has 3 rings (SSSR count). The molecule has 1 heterocycles. The molecule has 0 saturated heterocycles. The monoisotopic (exact) mass is 322 g/mol. The first-order valence-corrected chi connectivity index (χ1v) is 8.31. The van der Waals surface area contributed by atoms with Crippen molar-refractivity contribution in [3.63, 3.8) is 0 Å². The molecule has 1 amide bonds. The van der Waals surface area contributed by atoms with E-state index >= 15 is 0 Å². The van der Waals surface area contributed by atoms with Crippen LogP contribution in [0.4, 0.5) is 0 Å². The van der Waals surface area contributed by atoms with E-state index in [1.165, 1.54) is 0 Å². The quantitative estimate of drug-likeness (QED) is 0.804. The average Bonchev–Trinajstić information content (AvgIpc) is 2.58. The van der Waals surface area contributed by atoms with Gasteiger partial charge in [0.05, 0.1) is 6.10 Å². The van der Waals surface area contributed by atoms with Gasteiger partial charge in [0.1, 0.15) is 0 Å². The first-order valence-electron chi connectivity index (χ1n) is 8.31. The molecule has 4 heteroatoms. The fraction of sp³-hybridized carbons (Fsp3) is 0.300. The molecule has 2 N–H and O–H groups in total. The highest BCUT2D eigenvalue weighted by molar-refractivity contribution is 5.91. The first-order chi connectivity index (χ1) is 11.7. The Morgan fingerprint density at radius 1 is 1.21 bits per heavy atom. The Labute approximate surface area is 142 Å². The summed E-state index contributed by atoms with van der Waals surface area (Å²) in [6, 6.07) is 13.7. The molecule has 24 heavy (non-hydrogen) atoms. The Hall–Kier alpha value is -2.46. The number of aliphatic hydroxyl groups excluding tert-OH is 1. The molecule has 1 saturated carbocycles. The standard InChI is InChI=1S/C20H22N2O2/c23-18-13-17(14-18)19(12-16-8-10-21-11-9-16)22-20(24)7-6-15-4-2-1-3-5-15/h1-11,17-19,23H,12-14H2,(H,22,24). The molecule has 0 aliphatic heterocycles. The molecule has 0 radical (unpaired) electrons. The molecule has 0 spiro atoms. The third-order valence-electron chi connectivity index (χ3n) is 4.48. The summed E-state index contributed by atoms with van der Waals surface area (Å²) >= 11 is 0. The zero-order valence-corrected chi connectivity index (χ0v) is 13.5. The summed E-state index contributed by atoms with van der Waals surface area (Å²) in [6.45, 7) is 0. The summed E-state index contributed by atoms with van der Waals surface area (Å²) in [5.74, 6) is 0.224. The first kappa shape index (κ1) is 16.4. The van der Waals surface area contributed by atoms with Crippen LogP contribution in [-0.2, 0) is 11.2 Å². The van der Waals surface area contributed by atoms with Gasteiger partial charge in [-0.2, -0.15) is 0 Å². The van der Waals surface area contributed by atoms with Gasteiger partial charge in [0.25, 0.3) is 0 Å². The van der Waals surface area contributed by atoms with Crippen LogP contribution in [0.15, 0.2) is 60.9 Å². The van der Waals surface area contributed by atoms with Crippen molar-refractivity contribution in [1.29, 1.82) is 0 Å². The number of pyridine rings is 1. The third-order valence-corrected chi connectivity index (χ3v) is 4.48. The fourth-order valence-electron chi connectivity index (χ4n) is 3.03. The lowest BCUT2D eigenvalue weighted by Gasteiger charge is -2.38. The number of nitrogens with one attached hydrogen (secondary N) is 1. The second-order valence-corrected chi connectivity index (χ2v) is 6.30. The minimum Gasteiger partial charge on any atom is -0.393 e. The summed E-state index contributed by atoms with van der Waals surface area (Å²) in [5, 5.41) is 12.7. The van der Waals surface area contributed by atoms with Crippen molar-refractivity contribution in [1.82, 2.24) is 10.3 Å². The van der Waals surface area contributed by atoms with E-state index in [9.17, 15) is 9.90 Å². The predicted octanol–water partition coefficient (Wildman–Crippen LogP) is 2.59. The number of carbonyl (C=O) groups is 1. The smallest absolute Gasteiger partial charge is 0.244 e. The minimum atomic E-state index is -0.230. The molecule has 1 atom stereocenters. The number of aliphatic hydroxyl groups is 1. The van der Waals surface area contributed by atoms with E-state index in [2.05, 4.69) is 10.3 Å². The van der Waals surface area contributed by atoms with Gasteiger partial charge in [0, 0.05) is 24.5 Å². The number of benzene rings is 1. The van der Waals surface area contributed by atoms with Gasteiger partial charge >= 0.3 is 0 Å². The van der Waals surface area contributed by atoms with Crippen LogP contribution in [-0.4, -0.2) is 28.1 Å². The van der Waals surface area contributed by atoms with E-state index in [4.69, 9.17) is 0 Å². The summed E-state index contributed by atoms with van der Waals surface area (Å²) in [7, 11) is 0. The van der Waals surface area contributed by atoms with Crippen molar-refractivity contribution < 1.29 is 9.90 Å². The SMILES string of the molecule is O=C(C=Cc1ccccc1)NC(Cc1ccncc1)C1CC(O)C1. The topological polar surface area (TPSA) is 62.2 Å². The number of amides is 1. The molecule has 1 aromatic carbocycles. The van der Waals surface area contributed by atoms with E-state index in [1.807, 2.05) is 48.5 Å². The number of hydrogen-bond acceptors (Lipinski definition) is 3. The van der Waals surface area contributed by atoms with Crippen LogP contribution in [0.5, 0.6) is 0 Å². The molecule has 4 nitrogen and oxygen atoms in total. The van der Waals surface area contributed by atoms with Gasteiger partial charge < -0.3 is 10.4 Å². The van der Waals surface area contributed by atoms with Crippen molar-refractivity contribution >= 4 is 12.0 Å². The number of nitrogens with zero attached hydrogens (tertiary/aromatic N) is 1. The Bertz CT molecular complexity index is 679. The molecule has 1 unspecified atom stereocenters. The summed E-state index contributed by atoms with van der Waals surface area (Å²) in [4.78, 5) is 16.3. The van der Waals surface area contributed by atoms with E-state index in [-0.39, 0.29) is 18.1 Å². The molecule has 1 fully saturated rings. The van der Waals surface area contributed by atoms with Crippen molar-refractivity contribution in [2.45, 2.75) is 31.4 Å². The fourth-order valence-corrected chi connectivity index (χ4v) is 3.03. The molecule has 1 aliphatic rings. The molecule has 0 bridgehead atoms. The van der Waals surface area contributed by atoms with Crippen molar-refractivity contribution in [2.75, 3.05) is 0 Å². The van der Waals surface area contributed by atoms with E-state index in [0.717, 1.165) is 30.4 Å². The summed E-state index contributed by atoms with van der Waals surface area (Å²) in [6.07, 6.45) is 8.94. The minimum absolute atomic E-state index is 0.0312. The van der Waals surface area contributed by atoms with Gasteiger partial charge in [-0.05, 0) is 54.5 Å². The Morgan fingerprint density at radius 3 is 2.58 bits per heavy atom. The maximum atomic E-state index is 12.3. The number of hydrogen-bond donors (Lipinski definition) is 2. The van der Waals surface area contributed by atoms with Crippen LogP contribution in [0, 0.1) is 5.92 Å². The maximum Gasteiger partial charge on any atom is 0.244 e. The molecule has 124 valence electrons. The van der Waals surface area contributed by atoms with E-state index in [1.54, 1.807) is 18.5 Å². The van der Waals surface area contributed by atoms with Crippen LogP contribution in [0.2, 0.25) is 0 Å². The third kappa shape index (κ3) is 4.52. The highest BCUT2D eigenvalue weighted by Gasteiger charge is 2.34. The van der Waals surface area contributed by atoms with Crippen LogP contribution in [0.25, 0.3) is 6.08 Å². The number of rotatable bonds is 6. The Morgan fingerprint density at radius 2 is 1.92 bits per heavy atom. The zero-order chi connectivity index (χ0) is 16.8. The van der Waals surface area contributed by atoms with Gasteiger partial charge in [-0.3, -0.25) is 9.78 Å². The highest BCUT2D eigenvalue weighted by Crippen LogP contribution is 2.31. The predicted molar refractivity (Wildman–Crippen MR) is 94.1 cm³/mol. The lowest BCUT2D eigenvalue weighted by Crippen LogP contribution is -2.47. The van der Waals surface area contributed by atoms with E-state index < -0.39 is 0 Å². The summed E-state index contributed by atoms with van der Waals surface area (Å²) < 4.78 is 0. The van der Waals surface area contributed by atoms with Gasteiger partial charge in [-0.15, -0.1) is 0 Å². The lowest BCUT2D eigenvalue weighted by atomic mass is 9.75. The molecule has 1 aromatic heterocycles. The maximum absolute atomic E-state index is 12.3. The van der Waals surface area contributed by atoms with Gasteiger partial charge in [-0.25, -0.2) is 0 Å². The van der Waals surface area contributed by atoms with Crippen LogP contribution in [0.3, 0.4) is 0 Å². The zero-order valence-electron chi connectivity index (χ0n) is 13.5.